The van der Waals surface area contributed by atoms with Gasteiger partial charge in [0.05, 0.1) is 12.6 Å². The van der Waals surface area contributed by atoms with Crippen molar-refractivity contribution in [1.82, 2.24) is 20.9 Å². The monoisotopic (exact) mass is 560 g/mol. The van der Waals surface area contributed by atoms with Crippen LogP contribution in [0.3, 0.4) is 0 Å². The Hall–Kier alpha value is -4.17. The van der Waals surface area contributed by atoms with Crippen molar-refractivity contribution in [3.8, 4) is 0 Å². The topological polar surface area (TPSA) is 251 Å². The molecule has 0 radical (unpaired) electrons. The summed E-state index contributed by atoms with van der Waals surface area (Å²) in [7, 11) is 0. The molecule has 0 saturated carbocycles. The molecule has 4 unspecified atom stereocenters. The number of para-hydroxylation sites is 1. The van der Waals surface area contributed by atoms with Crippen molar-refractivity contribution in [3.63, 3.8) is 0 Å². The van der Waals surface area contributed by atoms with E-state index in [1.54, 1.807) is 6.20 Å². The summed E-state index contributed by atoms with van der Waals surface area (Å²) < 4.78 is 0. The van der Waals surface area contributed by atoms with Crippen LogP contribution in [0.4, 0.5) is 0 Å². The average Bonchev–Trinajstić information content (AvgIpc) is 3.30. The van der Waals surface area contributed by atoms with Crippen molar-refractivity contribution >= 4 is 40.6 Å². The zero-order valence-corrected chi connectivity index (χ0v) is 22.7. The molecule has 0 aliphatic carbocycles. The van der Waals surface area contributed by atoms with Crippen LogP contribution in [-0.4, -0.2) is 82.2 Å². The van der Waals surface area contributed by atoms with Crippen molar-refractivity contribution < 1.29 is 29.4 Å². The van der Waals surface area contributed by atoms with Crippen molar-refractivity contribution in [1.29, 1.82) is 0 Å². The second kappa shape index (κ2) is 15.4. The van der Waals surface area contributed by atoms with Gasteiger partial charge >= 0.3 is 5.97 Å². The fraction of sp³-hybridized carbons (Fsp3) is 0.500. The summed E-state index contributed by atoms with van der Waals surface area (Å²) in [6, 6.07) is 2.78. The number of benzene rings is 1. The van der Waals surface area contributed by atoms with Crippen molar-refractivity contribution in [2.75, 3.05) is 13.2 Å². The molecular formula is C26H40N8O6. The minimum Gasteiger partial charge on any atom is -0.480 e. The summed E-state index contributed by atoms with van der Waals surface area (Å²) in [5, 5.41) is 26.9. The van der Waals surface area contributed by atoms with Crippen LogP contribution < -0.4 is 33.2 Å². The van der Waals surface area contributed by atoms with Crippen LogP contribution in [0.2, 0.25) is 0 Å². The van der Waals surface area contributed by atoms with Crippen LogP contribution in [0.1, 0.15) is 38.7 Å². The Morgan fingerprint density at radius 3 is 2.23 bits per heavy atom. The third-order valence-electron chi connectivity index (χ3n) is 6.17. The number of nitrogens with zero attached hydrogens (tertiary/aromatic N) is 1. The molecule has 1 heterocycles. The first-order valence-electron chi connectivity index (χ1n) is 13.0. The van der Waals surface area contributed by atoms with Gasteiger partial charge in [-0.3, -0.25) is 19.4 Å². The molecule has 14 nitrogen and oxygen atoms in total. The van der Waals surface area contributed by atoms with Gasteiger partial charge in [0.1, 0.15) is 18.1 Å². The number of rotatable bonds is 16. The fourth-order valence-electron chi connectivity index (χ4n) is 4.09. The lowest BCUT2D eigenvalue weighted by atomic mass is 10.00. The smallest absolute Gasteiger partial charge is 0.328 e. The minimum atomic E-state index is -1.53. The molecule has 12 N–H and O–H groups in total. The lowest BCUT2D eigenvalue weighted by Crippen LogP contribution is -2.58. The Kier molecular flexibility index (Phi) is 12.4. The van der Waals surface area contributed by atoms with Gasteiger partial charge in [-0.15, -0.1) is 0 Å². The first kappa shape index (κ1) is 32.0. The van der Waals surface area contributed by atoms with E-state index < -0.39 is 54.5 Å². The van der Waals surface area contributed by atoms with Gasteiger partial charge in [-0.1, -0.05) is 32.0 Å². The van der Waals surface area contributed by atoms with Crippen LogP contribution in [0, 0.1) is 5.92 Å². The number of carboxylic acid groups (broad SMARTS) is 1. The van der Waals surface area contributed by atoms with Crippen LogP contribution in [0.25, 0.3) is 10.9 Å². The van der Waals surface area contributed by atoms with E-state index in [1.165, 1.54) is 0 Å². The predicted octanol–water partition coefficient (Wildman–Crippen LogP) is -1.33. The van der Waals surface area contributed by atoms with Crippen LogP contribution >= 0.6 is 0 Å². The van der Waals surface area contributed by atoms with Gasteiger partial charge in [0, 0.05) is 30.1 Å². The number of nitrogens with one attached hydrogen (secondary N) is 4. The summed E-state index contributed by atoms with van der Waals surface area (Å²) in [6.45, 7) is 3.14. The molecule has 0 saturated heterocycles. The van der Waals surface area contributed by atoms with Gasteiger partial charge in [0.15, 0.2) is 5.96 Å². The lowest BCUT2D eigenvalue weighted by Gasteiger charge is -2.26. The highest BCUT2D eigenvalue weighted by Crippen LogP contribution is 2.19. The van der Waals surface area contributed by atoms with Crippen LogP contribution in [0.15, 0.2) is 35.5 Å². The van der Waals surface area contributed by atoms with E-state index in [0.29, 0.717) is 13.0 Å². The molecule has 0 fully saturated rings. The number of nitrogens with two attached hydrogens (primary N) is 3. The second-order valence-corrected chi connectivity index (χ2v) is 9.95. The number of hydrogen-bond acceptors (Lipinski definition) is 7. The Labute approximate surface area is 232 Å². The predicted molar refractivity (Wildman–Crippen MR) is 150 cm³/mol. The summed E-state index contributed by atoms with van der Waals surface area (Å²) >= 11 is 0. The van der Waals surface area contributed by atoms with Crippen LogP contribution in [0.5, 0.6) is 0 Å². The Morgan fingerprint density at radius 2 is 1.60 bits per heavy atom. The third kappa shape index (κ3) is 9.85. The number of aliphatic carboxylic acids is 1. The highest BCUT2D eigenvalue weighted by atomic mass is 16.4. The highest BCUT2D eigenvalue weighted by molar-refractivity contribution is 5.95. The molecule has 3 amide bonds. The maximum Gasteiger partial charge on any atom is 0.328 e. The number of aliphatic hydroxyl groups is 1. The Bertz CT molecular complexity index is 1190. The van der Waals surface area contributed by atoms with E-state index in [2.05, 4.69) is 25.9 Å². The Balaban J connectivity index is 2.25. The average molecular weight is 561 g/mol. The van der Waals surface area contributed by atoms with Gasteiger partial charge < -0.3 is 48.3 Å². The molecule has 220 valence electrons. The number of aliphatic imine (C=N–C) groups is 1. The molecular weight excluding hydrogens is 520 g/mol. The van der Waals surface area contributed by atoms with Gasteiger partial charge in [-0.25, -0.2) is 4.79 Å². The number of hydrogen-bond donors (Lipinski definition) is 9. The van der Waals surface area contributed by atoms with E-state index in [9.17, 15) is 29.4 Å². The first-order valence-corrected chi connectivity index (χ1v) is 13.0. The maximum atomic E-state index is 13.5. The normalized spacial score (nSPS) is 14.1. The van der Waals surface area contributed by atoms with E-state index in [1.807, 2.05) is 38.1 Å². The van der Waals surface area contributed by atoms with E-state index in [-0.39, 0.29) is 31.1 Å². The van der Waals surface area contributed by atoms with E-state index >= 15 is 0 Å². The minimum absolute atomic E-state index is 0.0475. The number of H-pyrrole nitrogens is 1. The summed E-state index contributed by atoms with van der Waals surface area (Å²) in [4.78, 5) is 57.6. The number of carbonyl (C=O) groups excluding carboxylic acids is 3. The summed E-state index contributed by atoms with van der Waals surface area (Å²) in [6.07, 6.45) is 2.72. The quantitative estimate of drug-likeness (QED) is 0.0669. The lowest BCUT2D eigenvalue weighted by molar-refractivity contribution is -0.143. The van der Waals surface area contributed by atoms with Gasteiger partial charge in [0.25, 0.3) is 0 Å². The third-order valence-corrected chi connectivity index (χ3v) is 6.17. The molecule has 1 aromatic heterocycles. The number of fused-ring (bicyclic) bond motifs is 1. The van der Waals surface area contributed by atoms with Crippen molar-refractivity contribution in [2.45, 2.75) is 63.7 Å². The molecule has 0 bridgehead atoms. The van der Waals surface area contributed by atoms with E-state index in [4.69, 9.17) is 17.2 Å². The highest BCUT2D eigenvalue weighted by Gasteiger charge is 2.31. The molecule has 0 aliphatic rings. The molecule has 4 atom stereocenters. The largest absolute Gasteiger partial charge is 0.480 e. The fourth-order valence-corrected chi connectivity index (χ4v) is 4.09. The molecule has 2 rings (SSSR count). The second-order valence-electron chi connectivity index (χ2n) is 9.95. The first-order chi connectivity index (χ1) is 18.9. The molecule has 2 aromatic rings. The molecule has 1 aromatic carbocycles. The van der Waals surface area contributed by atoms with Crippen molar-refractivity contribution in [3.05, 3.63) is 36.0 Å². The molecule has 0 spiro atoms. The van der Waals surface area contributed by atoms with E-state index in [0.717, 1.165) is 16.5 Å². The Morgan fingerprint density at radius 1 is 0.975 bits per heavy atom. The zero-order chi connectivity index (χ0) is 29.8. The number of aromatic amines is 1. The zero-order valence-electron chi connectivity index (χ0n) is 22.7. The summed E-state index contributed by atoms with van der Waals surface area (Å²) in [5.41, 5.74) is 18.3. The molecule has 14 heteroatoms. The number of aliphatic hydroxyl groups excluding tert-OH is 1. The van der Waals surface area contributed by atoms with Gasteiger partial charge in [-0.05, 0) is 36.8 Å². The number of carboxylic acids is 1. The van der Waals surface area contributed by atoms with Crippen LogP contribution in [-0.2, 0) is 25.6 Å². The van der Waals surface area contributed by atoms with Gasteiger partial charge in [-0.2, -0.15) is 0 Å². The standard InChI is InChI=1S/C26H40N8O6/c1-14(2)10-19(23(37)34-21(13-35)25(39)40)33-24(38)20(11-15-12-31-18-8-4-3-6-16(15)18)32-22(36)17(27)7-5-9-30-26(28)29/h3-4,6,8,12,14,17,19-21,31,35H,5,7,9-11,13,27H2,1-2H3,(H,32,36)(H,33,38)(H,34,37)(H,39,40)(H4,28,29,30). The maximum absolute atomic E-state index is 13.5. The summed E-state index contributed by atoms with van der Waals surface area (Å²) in [5.74, 6) is -3.51. The number of carbonyl (C=O) groups is 4. The van der Waals surface area contributed by atoms with Crippen molar-refractivity contribution in [2.24, 2.45) is 28.1 Å². The SMILES string of the molecule is CC(C)CC(NC(=O)C(Cc1c[nH]c2ccccc12)NC(=O)C(N)CCCN=C(N)N)C(=O)NC(CO)C(=O)O. The molecule has 0 aliphatic heterocycles. The number of aromatic nitrogens is 1. The van der Waals surface area contributed by atoms with Gasteiger partial charge in [0.2, 0.25) is 17.7 Å². The number of guanidine groups is 1. The molecule has 40 heavy (non-hydrogen) atoms. The number of amides is 3.